The Hall–Kier alpha value is -0.860. The van der Waals surface area contributed by atoms with Crippen LogP contribution < -0.4 is 5.73 Å². The summed E-state index contributed by atoms with van der Waals surface area (Å²) in [5.74, 6) is 0. The molecule has 0 radical (unpaired) electrons. The highest BCUT2D eigenvalue weighted by Crippen LogP contribution is 1.99. The second kappa shape index (κ2) is 3.34. The van der Waals surface area contributed by atoms with Crippen LogP contribution in [0.25, 0.3) is 0 Å². The van der Waals surface area contributed by atoms with Crippen molar-refractivity contribution >= 4 is 0 Å². The van der Waals surface area contributed by atoms with Crippen molar-refractivity contribution in [2.24, 2.45) is 5.73 Å². The Balaban J connectivity index is 2.59. The normalized spacial score (nSPS) is 13.0. The number of benzene rings is 1. The first-order chi connectivity index (χ1) is 4.79. The molecule has 0 bridgehead atoms. The Morgan fingerprint density at radius 1 is 1.30 bits per heavy atom. The molecular weight excluding hydrogens is 126 g/mol. The number of rotatable bonds is 2. The Labute approximate surface area is 60.3 Å². The molecule has 0 fully saturated rings. The highest BCUT2D eigenvalue weighted by atomic mass is 16.3. The van der Waals surface area contributed by atoms with Crippen LogP contribution in [0.2, 0.25) is 0 Å². The molecular formula is C8H11NO. The van der Waals surface area contributed by atoms with E-state index < -0.39 is 6.23 Å². The van der Waals surface area contributed by atoms with E-state index in [1.54, 1.807) is 0 Å². The third-order valence-corrected chi connectivity index (χ3v) is 1.29. The van der Waals surface area contributed by atoms with E-state index in [1.165, 1.54) is 0 Å². The molecule has 1 rings (SSSR count). The second-order valence-corrected chi connectivity index (χ2v) is 2.26. The molecule has 1 atom stereocenters. The molecule has 0 aromatic heterocycles. The average Bonchev–Trinajstić information content (AvgIpc) is 1.88. The zero-order chi connectivity index (χ0) is 7.40. The van der Waals surface area contributed by atoms with Gasteiger partial charge >= 0.3 is 0 Å². The van der Waals surface area contributed by atoms with E-state index in [-0.39, 0.29) is 0 Å². The minimum Gasteiger partial charge on any atom is -0.378 e. The van der Waals surface area contributed by atoms with Crippen molar-refractivity contribution in [2.75, 3.05) is 0 Å². The second-order valence-electron chi connectivity index (χ2n) is 2.26. The fraction of sp³-hybridized carbons (Fsp3) is 0.250. The Bertz CT molecular complexity index is 184. The van der Waals surface area contributed by atoms with Gasteiger partial charge in [-0.25, -0.2) is 0 Å². The predicted molar refractivity (Wildman–Crippen MR) is 40.3 cm³/mol. The van der Waals surface area contributed by atoms with Gasteiger partial charge in [-0.15, -0.1) is 0 Å². The molecule has 0 amide bonds. The van der Waals surface area contributed by atoms with Crippen LogP contribution in [0.3, 0.4) is 0 Å². The maximum atomic E-state index is 8.78. The number of hydrogen-bond acceptors (Lipinski definition) is 2. The molecule has 0 spiro atoms. The Morgan fingerprint density at radius 2 is 1.90 bits per heavy atom. The van der Waals surface area contributed by atoms with E-state index in [2.05, 4.69) is 0 Å². The van der Waals surface area contributed by atoms with Crippen LogP contribution in [-0.2, 0) is 6.42 Å². The summed E-state index contributed by atoms with van der Waals surface area (Å²) in [7, 11) is 0. The van der Waals surface area contributed by atoms with Gasteiger partial charge in [0.1, 0.15) is 6.23 Å². The maximum Gasteiger partial charge on any atom is 0.106 e. The van der Waals surface area contributed by atoms with Crippen molar-refractivity contribution in [1.82, 2.24) is 0 Å². The summed E-state index contributed by atoms with van der Waals surface area (Å²) in [6, 6.07) is 9.67. The molecule has 3 N–H and O–H groups in total. The minimum absolute atomic E-state index is 0.529. The van der Waals surface area contributed by atoms with E-state index >= 15 is 0 Å². The Kier molecular flexibility index (Phi) is 2.42. The number of nitrogens with two attached hydrogens (primary N) is 1. The van der Waals surface area contributed by atoms with E-state index in [1.807, 2.05) is 30.3 Å². The van der Waals surface area contributed by atoms with E-state index in [0.29, 0.717) is 6.42 Å². The van der Waals surface area contributed by atoms with Crippen molar-refractivity contribution in [2.45, 2.75) is 12.6 Å². The van der Waals surface area contributed by atoms with Crippen molar-refractivity contribution in [3.05, 3.63) is 35.9 Å². The van der Waals surface area contributed by atoms with Crippen LogP contribution >= 0.6 is 0 Å². The molecule has 1 aromatic carbocycles. The van der Waals surface area contributed by atoms with Crippen molar-refractivity contribution in [3.63, 3.8) is 0 Å². The standard InChI is InChI=1S/C8H11NO/c9-8(10)6-7-4-2-1-3-5-7/h1-5,8,10H,6,9H2/t8-/m0/s1. The molecule has 0 unspecified atom stereocenters. The molecule has 1 aromatic rings. The van der Waals surface area contributed by atoms with Gasteiger partial charge < -0.3 is 10.8 Å². The number of aliphatic hydroxyl groups is 1. The Morgan fingerprint density at radius 3 is 2.40 bits per heavy atom. The summed E-state index contributed by atoms with van der Waals surface area (Å²) < 4.78 is 0. The van der Waals surface area contributed by atoms with Gasteiger partial charge in [-0.05, 0) is 5.56 Å². The lowest BCUT2D eigenvalue weighted by atomic mass is 10.1. The first-order valence-electron chi connectivity index (χ1n) is 3.26. The summed E-state index contributed by atoms with van der Waals surface area (Å²) in [6.45, 7) is 0. The molecule has 0 heterocycles. The van der Waals surface area contributed by atoms with Gasteiger partial charge in [0.15, 0.2) is 0 Å². The summed E-state index contributed by atoms with van der Waals surface area (Å²) in [4.78, 5) is 0. The van der Waals surface area contributed by atoms with Crippen LogP contribution in [0, 0.1) is 0 Å². The summed E-state index contributed by atoms with van der Waals surface area (Å²) in [5.41, 5.74) is 6.25. The van der Waals surface area contributed by atoms with Gasteiger partial charge in [0.05, 0.1) is 0 Å². The summed E-state index contributed by atoms with van der Waals surface area (Å²) in [5, 5.41) is 8.78. The minimum atomic E-state index is -0.734. The molecule has 54 valence electrons. The molecule has 0 saturated carbocycles. The van der Waals surface area contributed by atoms with Gasteiger partial charge in [-0.3, -0.25) is 0 Å². The zero-order valence-corrected chi connectivity index (χ0v) is 5.70. The average molecular weight is 137 g/mol. The monoisotopic (exact) mass is 137 g/mol. The van der Waals surface area contributed by atoms with Gasteiger partial charge in [0, 0.05) is 6.42 Å². The molecule has 2 nitrogen and oxygen atoms in total. The zero-order valence-electron chi connectivity index (χ0n) is 5.70. The lowest BCUT2D eigenvalue weighted by molar-refractivity contribution is 0.183. The third kappa shape index (κ3) is 2.17. The van der Waals surface area contributed by atoms with Crippen molar-refractivity contribution in [1.29, 1.82) is 0 Å². The highest BCUT2D eigenvalue weighted by Gasteiger charge is 1.95. The van der Waals surface area contributed by atoms with Crippen LogP contribution in [0.5, 0.6) is 0 Å². The fourth-order valence-electron chi connectivity index (χ4n) is 0.856. The van der Waals surface area contributed by atoms with Crippen molar-refractivity contribution < 1.29 is 5.11 Å². The van der Waals surface area contributed by atoms with Gasteiger partial charge in [-0.2, -0.15) is 0 Å². The number of hydrogen-bond donors (Lipinski definition) is 2. The SMILES string of the molecule is N[C@@H](O)Cc1ccccc1. The molecule has 0 aliphatic rings. The highest BCUT2D eigenvalue weighted by molar-refractivity contribution is 5.14. The van der Waals surface area contributed by atoms with Crippen molar-refractivity contribution in [3.8, 4) is 0 Å². The van der Waals surface area contributed by atoms with Gasteiger partial charge in [0.2, 0.25) is 0 Å². The first-order valence-corrected chi connectivity index (χ1v) is 3.26. The quantitative estimate of drug-likeness (QED) is 0.583. The molecule has 0 aliphatic carbocycles. The summed E-state index contributed by atoms with van der Waals surface area (Å²) >= 11 is 0. The van der Waals surface area contributed by atoms with Crippen LogP contribution in [0.1, 0.15) is 5.56 Å². The smallest absolute Gasteiger partial charge is 0.106 e. The third-order valence-electron chi connectivity index (χ3n) is 1.29. The number of aliphatic hydroxyl groups excluding tert-OH is 1. The largest absolute Gasteiger partial charge is 0.378 e. The lowest BCUT2D eigenvalue weighted by Crippen LogP contribution is -2.21. The predicted octanol–water partition coefficient (Wildman–Crippen LogP) is 0.506. The molecule has 2 heteroatoms. The van der Waals surface area contributed by atoms with Gasteiger partial charge in [0.25, 0.3) is 0 Å². The van der Waals surface area contributed by atoms with E-state index in [4.69, 9.17) is 10.8 Å². The van der Waals surface area contributed by atoms with Gasteiger partial charge in [-0.1, -0.05) is 30.3 Å². The molecule has 0 aliphatic heterocycles. The lowest BCUT2D eigenvalue weighted by Gasteiger charge is -2.02. The molecule has 0 saturated heterocycles. The first kappa shape index (κ1) is 7.25. The van der Waals surface area contributed by atoms with Crippen LogP contribution in [0.4, 0.5) is 0 Å². The fourth-order valence-corrected chi connectivity index (χ4v) is 0.856. The maximum absolute atomic E-state index is 8.78. The van der Waals surface area contributed by atoms with E-state index in [0.717, 1.165) is 5.56 Å². The topological polar surface area (TPSA) is 46.2 Å². The molecule has 10 heavy (non-hydrogen) atoms. The van der Waals surface area contributed by atoms with E-state index in [9.17, 15) is 0 Å². The van der Waals surface area contributed by atoms with Crippen LogP contribution in [0.15, 0.2) is 30.3 Å². The summed E-state index contributed by atoms with van der Waals surface area (Å²) in [6.07, 6.45) is -0.205. The van der Waals surface area contributed by atoms with Crippen LogP contribution in [-0.4, -0.2) is 11.3 Å².